The van der Waals surface area contributed by atoms with Crippen molar-refractivity contribution in [2.24, 2.45) is 0 Å². The number of nitrogens with one attached hydrogen (secondary N) is 1. The van der Waals surface area contributed by atoms with Gasteiger partial charge in [0.25, 0.3) is 0 Å². The van der Waals surface area contributed by atoms with Gasteiger partial charge in [-0.05, 0) is 96.0 Å². The number of hydrogen-bond acceptors (Lipinski definition) is 4. The highest BCUT2D eigenvalue weighted by Gasteiger charge is 2.11. The van der Waals surface area contributed by atoms with Gasteiger partial charge in [0.15, 0.2) is 0 Å². The van der Waals surface area contributed by atoms with Crippen molar-refractivity contribution in [1.82, 2.24) is 5.32 Å². The minimum absolute atomic E-state index is 0.115. The number of unbranched alkanes of at least 4 members (excludes halogenated alkanes) is 12. The molecule has 0 rings (SSSR count). The van der Waals surface area contributed by atoms with Crippen LogP contribution in [0, 0.1) is 0 Å². The smallest absolute Gasteiger partial charge is 0.322 e. The molecule has 0 fully saturated rings. The third kappa shape index (κ3) is 41.1. The number of esters is 1. The molecule has 54 heavy (non-hydrogen) atoms. The molecule has 6 heteroatoms. The molecule has 0 bridgehead atoms. The predicted octanol–water partition coefficient (Wildman–Crippen LogP) is 13.3. The first kappa shape index (κ1) is 50.3. The van der Waals surface area contributed by atoms with Gasteiger partial charge in [0.05, 0.1) is 0 Å². The zero-order chi connectivity index (χ0) is 39.4. The number of allylic oxidation sites excluding steroid dienone is 15. The van der Waals surface area contributed by atoms with Gasteiger partial charge in [0.1, 0.15) is 12.6 Å². The first-order chi connectivity index (χ1) is 26.5. The predicted molar refractivity (Wildman–Crippen MR) is 230 cm³/mol. The summed E-state index contributed by atoms with van der Waals surface area (Å²) in [6.45, 7) is 4.08. The SMILES string of the molecule is CC/C=C\C/C=C\C/C=C\C/C=C\C/C=C\C/C=C\C/C=C\CCCC(=O)OC(/C=C\CCCCCCCC)CCCCCCCCC(=O)NCC(=O)O. The number of aliphatic carboxylic acids is 1. The number of carboxylic acids is 1. The Morgan fingerprint density at radius 3 is 1.52 bits per heavy atom. The summed E-state index contributed by atoms with van der Waals surface area (Å²) in [7, 11) is 0. The van der Waals surface area contributed by atoms with Crippen LogP contribution in [0.1, 0.15) is 174 Å². The highest BCUT2D eigenvalue weighted by Crippen LogP contribution is 2.15. The topological polar surface area (TPSA) is 92.7 Å². The van der Waals surface area contributed by atoms with E-state index in [-0.39, 0.29) is 24.5 Å². The summed E-state index contributed by atoms with van der Waals surface area (Å²) in [5, 5.41) is 11.0. The van der Waals surface area contributed by atoms with Gasteiger partial charge in [0, 0.05) is 12.8 Å². The van der Waals surface area contributed by atoms with Gasteiger partial charge >= 0.3 is 11.9 Å². The Hall–Kier alpha value is -3.67. The second kappa shape index (κ2) is 42.1. The number of amides is 1. The second-order valence-electron chi connectivity index (χ2n) is 13.9. The van der Waals surface area contributed by atoms with Gasteiger partial charge in [0.2, 0.25) is 5.91 Å². The van der Waals surface area contributed by atoms with Gasteiger partial charge in [-0.25, -0.2) is 0 Å². The third-order valence-electron chi connectivity index (χ3n) is 8.72. The maximum Gasteiger partial charge on any atom is 0.322 e. The van der Waals surface area contributed by atoms with E-state index >= 15 is 0 Å². The monoisotopic (exact) mass is 748 g/mol. The van der Waals surface area contributed by atoms with Crippen molar-refractivity contribution < 1.29 is 24.2 Å². The number of carbonyl (C=O) groups excluding carboxylic acids is 2. The number of carboxylic acid groups (broad SMARTS) is 1. The third-order valence-corrected chi connectivity index (χ3v) is 8.72. The summed E-state index contributed by atoms with van der Waals surface area (Å²) < 4.78 is 5.91. The molecule has 0 saturated heterocycles. The van der Waals surface area contributed by atoms with Crippen molar-refractivity contribution in [2.75, 3.05) is 6.54 Å². The molecule has 0 spiro atoms. The molecule has 0 radical (unpaired) electrons. The lowest BCUT2D eigenvalue weighted by Crippen LogP contribution is -2.28. The number of ether oxygens (including phenoxy) is 1. The summed E-state index contributed by atoms with van der Waals surface area (Å²) in [4.78, 5) is 34.9. The molecule has 2 N–H and O–H groups in total. The Morgan fingerprint density at radius 2 is 0.981 bits per heavy atom. The molecule has 0 saturated carbocycles. The number of rotatable bonds is 37. The summed E-state index contributed by atoms with van der Waals surface area (Å²) in [5.41, 5.74) is 0. The van der Waals surface area contributed by atoms with Crippen molar-refractivity contribution in [3.63, 3.8) is 0 Å². The zero-order valence-corrected chi connectivity index (χ0v) is 34.3. The molecule has 304 valence electrons. The van der Waals surface area contributed by atoms with Gasteiger partial charge in [-0.1, -0.05) is 163 Å². The van der Waals surface area contributed by atoms with E-state index in [1.165, 1.54) is 38.5 Å². The normalized spacial score (nSPS) is 13.1. The van der Waals surface area contributed by atoms with E-state index in [4.69, 9.17) is 9.84 Å². The summed E-state index contributed by atoms with van der Waals surface area (Å²) in [6, 6.07) is 0. The Bertz CT molecular complexity index is 1140. The van der Waals surface area contributed by atoms with E-state index in [1.807, 2.05) is 0 Å². The van der Waals surface area contributed by atoms with Crippen LogP contribution in [-0.2, 0) is 19.1 Å². The van der Waals surface area contributed by atoms with Crippen LogP contribution in [0.5, 0.6) is 0 Å². The molecule has 0 heterocycles. The molecule has 6 nitrogen and oxygen atoms in total. The Labute approximate surface area is 330 Å². The van der Waals surface area contributed by atoms with E-state index in [9.17, 15) is 14.4 Å². The fourth-order valence-electron chi connectivity index (χ4n) is 5.59. The first-order valence-corrected chi connectivity index (χ1v) is 21.4. The van der Waals surface area contributed by atoms with Crippen LogP contribution in [0.2, 0.25) is 0 Å². The Kier molecular flexibility index (Phi) is 39.2. The Morgan fingerprint density at radius 1 is 0.519 bits per heavy atom. The number of carbonyl (C=O) groups is 3. The minimum Gasteiger partial charge on any atom is -0.480 e. The van der Waals surface area contributed by atoms with Crippen LogP contribution in [0.4, 0.5) is 0 Å². The first-order valence-electron chi connectivity index (χ1n) is 21.4. The van der Waals surface area contributed by atoms with Gasteiger partial charge < -0.3 is 15.2 Å². The molecule has 0 aromatic rings. The molecule has 1 amide bonds. The van der Waals surface area contributed by atoms with Crippen molar-refractivity contribution in [3.05, 3.63) is 97.2 Å². The Balaban J connectivity index is 4.22. The quantitative estimate of drug-likeness (QED) is 0.0375. The van der Waals surface area contributed by atoms with Crippen LogP contribution in [0.25, 0.3) is 0 Å². The molecule has 0 aliphatic rings. The summed E-state index contributed by atoms with van der Waals surface area (Å²) in [5.74, 6) is -1.34. The lowest BCUT2D eigenvalue weighted by atomic mass is 10.0. The largest absolute Gasteiger partial charge is 0.480 e. The fourth-order valence-corrected chi connectivity index (χ4v) is 5.59. The highest BCUT2D eigenvalue weighted by molar-refractivity contribution is 5.80. The van der Waals surface area contributed by atoms with Crippen LogP contribution in [0.3, 0.4) is 0 Å². The lowest BCUT2D eigenvalue weighted by Gasteiger charge is -2.14. The summed E-state index contributed by atoms with van der Waals surface area (Å²) >= 11 is 0. The standard InChI is InChI=1S/C48H77NO5/c1-3-5-7-9-11-13-14-15-16-17-18-19-20-21-22-23-24-25-26-27-29-35-39-43-48(53)54-45(40-36-32-28-12-10-8-6-4-2)41-37-33-30-31-34-38-42-46(50)49-44-47(51)52/h5,7,11,13,15-16,18-19,21-22,24-25,27,29,36,40,45H,3-4,6,8-10,12,14,17,20,23,26,28,30-35,37-39,41-44H2,1-2H3,(H,49,50)(H,51,52)/b7-5-,13-11-,16-15-,19-18-,22-21-,25-24-,29-27-,40-36-. The van der Waals surface area contributed by atoms with E-state index in [0.717, 1.165) is 109 Å². The minimum atomic E-state index is -1.02. The molecule has 0 aromatic carbocycles. The van der Waals surface area contributed by atoms with Gasteiger partial charge in [-0.15, -0.1) is 0 Å². The van der Waals surface area contributed by atoms with Crippen molar-refractivity contribution in [3.8, 4) is 0 Å². The molecular formula is C48H77NO5. The van der Waals surface area contributed by atoms with Crippen molar-refractivity contribution in [2.45, 2.75) is 180 Å². The van der Waals surface area contributed by atoms with E-state index in [1.54, 1.807) is 0 Å². The molecular weight excluding hydrogens is 671 g/mol. The van der Waals surface area contributed by atoms with Crippen LogP contribution in [-0.4, -0.2) is 35.6 Å². The van der Waals surface area contributed by atoms with Crippen LogP contribution in [0.15, 0.2) is 97.2 Å². The fraction of sp³-hybridized carbons (Fsp3) is 0.604. The van der Waals surface area contributed by atoms with Gasteiger partial charge in [-0.2, -0.15) is 0 Å². The highest BCUT2D eigenvalue weighted by atomic mass is 16.5. The van der Waals surface area contributed by atoms with Crippen molar-refractivity contribution in [1.29, 1.82) is 0 Å². The second-order valence-corrected chi connectivity index (χ2v) is 13.9. The van der Waals surface area contributed by atoms with Gasteiger partial charge in [-0.3, -0.25) is 14.4 Å². The van der Waals surface area contributed by atoms with E-state index < -0.39 is 5.97 Å². The molecule has 0 aliphatic carbocycles. The maximum absolute atomic E-state index is 12.7. The van der Waals surface area contributed by atoms with Crippen LogP contribution >= 0.6 is 0 Å². The average Bonchev–Trinajstić information content (AvgIpc) is 3.16. The molecule has 0 aliphatic heterocycles. The van der Waals surface area contributed by atoms with Crippen LogP contribution < -0.4 is 5.32 Å². The number of hydrogen-bond donors (Lipinski definition) is 2. The van der Waals surface area contributed by atoms with Crippen molar-refractivity contribution >= 4 is 17.8 Å². The average molecular weight is 748 g/mol. The summed E-state index contributed by atoms with van der Waals surface area (Å²) in [6.07, 6.45) is 59.8. The van der Waals surface area contributed by atoms with E-state index in [0.29, 0.717) is 12.8 Å². The zero-order valence-electron chi connectivity index (χ0n) is 34.3. The molecule has 0 aromatic heterocycles. The van der Waals surface area contributed by atoms with E-state index in [2.05, 4.69) is 116 Å². The lowest BCUT2D eigenvalue weighted by molar-refractivity contribution is -0.147. The maximum atomic E-state index is 12.7. The molecule has 1 unspecified atom stereocenters. The molecule has 1 atom stereocenters.